The standard InChI is InChI=1S/C17H29N/c1-2-5-15-8-11-17(14-18,12-9-15)13-10-16-6-3-4-7-16/h15-16H,2-13H2,1H3. The van der Waals surface area contributed by atoms with Crippen LogP contribution in [0.1, 0.15) is 84.0 Å². The Hall–Kier alpha value is -0.510. The Labute approximate surface area is 113 Å². The third-order valence-corrected chi connectivity index (χ3v) is 5.50. The van der Waals surface area contributed by atoms with Gasteiger partial charge in [-0.25, -0.2) is 0 Å². The van der Waals surface area contributed by atoms with Gasteiger partial charge in [-0.15, -0.1) is 0 Å². The number of nitrogens with zero attached hydrogens (tertiary/aromatic N) is 1. The lowest BCUT2D eigenvalue weighted by molar-refractivity contribution is 0.178. The largest absolute Gasteiger partial charge is 0.198 e. The summed E-state index contributed by atoms with van der Waals surface area (Å²) in [6.07, 6.45) is 15.9. The number of nitriles is 1. The van der Waals surface area contributed by atoms with Crippen molar-refractivity contribution < 1.29 is 0 Å². The zero-order valence-corrected chi connectivity index (χ0v) is 12.1. The van der Waals surface area contributed by atoms with Crippen molar-refractivity contribution in [3.63, 3.8) is 0 Å². The summed E-state index contributed by atoms with van der Waals surface area (Å²) in [5.41, 5.74) is 0.0623. The zero-order chi connectivity index (χ0) is 12.8. The van der Waals surface area contributed by atoms with Crippen LogP contribution in [-0.4, -0.2) is 0 Å². The molecule has 2 aliphatic carbocycles. The van der Waals surface area contributed by atoms with Gasteiger partial charge in [-0.05, 0) is 50.4 Å². The van der Waals surface area contributed by atoms with E-state index in [2.05, 4.69) is 13.0 Å². The molecule has 0 aromatic heterocycles. The maximum absolute atomic E-state index is 9.58. The second-order valence-corrected chi connectivity index (χ2v) is 6.81. The highest BCUT2D eigenvalue weighted by Gasteiger charge is 2.35. The van der Waals surface area contributed by atoms with Gasteiger partial charge in [0.15, 0.2) is 0 Å². The molecule has 1 heteroatoms. The Morgan fingerprint density at radius 2 is 1.61 bits per heavy atom. The minimum atomic E-state index is 0.0623. The predicted octanol–water partition coefficient (Wildman–Crippen LogP) is 5.46. The van der Waals surface area contributed by atoms with E-state index in [4.69, 9.17) is 0 Å². The summed E-state index contributed by atoms with van der Waals surface area (Å²) in [6, 6.07) is 2.70. The smallest absolute Gasteiger partial charge is 0.0689 e. The highest BCUT2D eigenvalue weighted by atomic mass is 14.4. The fourth-order valence-electron chi connectivity index (χ4n) is 4.12. The van der Waals surface area contributed by atoms with Crippen molar-refractivity contribution >= 4 is 0 Å². The van der Waals surface area contributed by atoms with Crippen molar-refractivity contribution in [3.05, 3.63) is 0 Å². The van der Waals surface area contributed by atoms with Gasteiger partial charge in [-0.1, -0.05) is 45.4 Å². The van der Waals surface area contributed by atoms with Crippen molar-refractivity contribution in [1.82, 2.24) is 0 Å². The monoisotopic (exact) mass is 247 g/mol. The summed E-state index contributed by atoms with van der Waals surface area (Å²) in [7, 11) is 0. The fourth-order valence-corrected chi connectivity index (χ4v) is 4.12. The quantitative estimate of drug-likeness (QED) is 0.633. The minimum Gasteiger partial charge on any atom is -0.198 e. The number of hydrogen-bond acceptors (Lipinski definition) is 1. The van der Waals surface area contributed by atoms with E-state index in [1.807, 2.05) is 0 Å². The Morgan fingerprint density at radius 3 is 2.17 bits per heavy atom. The maximum Gasteiger partial charge on any atom is 0.0689 e. The van der Waals surface area contributed by atoms with Gasteiger partial charge in [0.1, 0.15) is 0 Å². The highest BCUT2D eigenvalue weighted by molar-refractivity contribution is 5.01. The Bertz CT molecular complexity index is 274. The molecule has 2 rings (SSSR count). The van der Waals surface area contributed by atoms with Crippen LogP contribution < -0.4 is 0 Å². The van der Waals surface area contributed by atoms with Crippen LogP contribution in [0.3, 0.4) is 0 Å². The van der Waals surface area contributed by atoms with Gasteiger partial charge in [-0.2, -0.15) is 5.26 Å². The van der Waals surface area contributed by atoms with Crippen LogP contribution in [0.15, 0.2) is 0 Å². The number of hydrogen-bond donors (Lipinski definition) is 0. The molecule has 2 saturated carbocycles. The van der Waals surface area contributed by atoms with Crippen LogP contribution in [0.2, 0.25) is 0 Å². The first-order valence-electron chi connectivity index (χ1n) is 8.19. The summed E-state index contributed by atoms with van der Waals surface area (Å²) in [4.78, 5) is 0. The number of rotatable bonds is 5. The molecular formula is C17H29N. The fraction of sp³-hybridized carbons (Fsp3) is 0.941. The van der Waals surface area contributed by atoms with E-state index in [-0.39, 0.29) is 5.41 Å². The molecule has 18 heavy (non-hydrogen) atoms. The first-order valence-corrected chi connectivity index (χ1v) is 8.19. The lowest BCUT2D eigenvalue weighted by Crippen LogP contribution is -2.26. The molecule has 0 atom stereocenters. The van der Waals surface area contributed by atoms with Crippen LogP contribution >= 0.6 is 0 Å². The Balaban J connectivity index is 1.78. The summed E-state index contributed by atoms with van der Waals surface area (Å²) in [5, 5.41) is 9.58. The molecule has 1 nitrogen and oxygen atoms in total. The van der Waals surface area contributed by atoms with Gasteiger partial charge in [0.25, 0.3) is 0 Å². The van der Waals surface area contributed by atoms with Crippen molar-refractivity contribution in [2.75, 3.05) is 0 Å². The summed E-state index contributed by atoms with van der Waals surface area (Å²) < 4.78 is 0. The third kappa shape index (κ3) is 3.50. The molecule has 0 spiro atoms. The average Bonchev–Trinajstić information content (AvgIpc) is 2.92. The molecule has 0 saturated heterocycles. The second-order valence-electron chi connectivity index (χ2n) is 6.81. The Kier molecular flexibility index (Phi) is 5.10. The molecule has 0 N–H and O–H groups in total. The van der Waals surface area contributed by atoms with E-state index in [0.29, 0.717) is 0 Å². The molecule has 0 aliphatic heterocycles. The van der Waals surface area contributed by atoms with Crippen LogP contribution in [0.25, 0.3) is 0 Å². The molecule has 0 amide bonds. The molecule has 0 bridgehead atoms. The van der Waals surface area contributed by atoms with Crippen LogP contribution in [0.5, 0.6) is 0 Å². The lowest BCUT2D eigenvalue weighted by Gasteiger charge is -2.35. The molecule has 0 aromatic rings. The van der Waals surface area contributed by atoms with E-state index in [9.17, 15) is 5.26 Å². The maximum atomic E-state index is 9.58. The van der Waals surface area contributed by atoms with Gasteiger partial charge in [0.2, 0.25) is 0 Å². The molecule has 0 unspecified atom stereocenters. The van der Waals surface area contributed by atoms with E-state index in [0.717, 1.165) is 11.8 Å². The highest BCUT2D eigenvalue weighted by Crippen LogP contribution is 2.44. The first-order chi connectivity index (χ1) is 8.78. The van der Waals surface area contributed by atoms with Crippen molar-refractivity contribution in [1.29, 1.82) is 5.26 Å². The predicted molar refractivity (Wildman–Crippen MR) is 76.1 cm³/mol. The van der Waals surface area contributed by atoms with Gasteiger partial charge >= 0.3 is 0 Å². The third-order valence-electron chi connectivity index (χ3n) is 5.50. The van der Waals surface area contributed by atoms with Crippen LogP contribution in [0.4, 0.5) is 0 Å². The summed E-state index contributed by atoms with van der Waals surface area (Å²) in [5.74, 6) is 1.87. The normalized spacial score (nSPS) is 33.4. The molecule has 0 heterocycles. The molecule has 2 aliphatic rings. The van der Waals surface area contributed by atoms with Gasteiger partial charge in [-0.3, -0.25) is 0 Å². The van der Waals surface area contributed by atoms with Crippen LogP contribution in [0, 0.1) is 28.6 Å². The molecular weight excluding hydrogens is 218 g/mol. The van der Waals surface area contributed by atoms with Gasteiger partial charge in [0.05, 0.1) is 11.5 Å². The summed E-state index contributed by atoms with van der Waals surface area (Å²) in [6.45, 7) is 2.28. The SMILES string of the molecule is CCCC1CCC(C#N)(CCC2CCCC2)CC1. The van der Waals surface area contributed by atoms with Gasteiger partial charge in [0, 0.05) is 0 Å². The lowest BCUT2D eigenvalue weighted by atomic mass is 9.67. The average molecular weight is 247 g/mol. The van der Waals surface area contributed by atoms with Crippen molar-refractivity contribution in [2.45, 2.75) is 84.0 Å². The molecule has 0 aromatic carbocycles. The topological polar surface area (TPSA) is 23.8 Å². The zero-order valence-electron chi connectivity index (χ0n) is 12.1. The second kappa shape index (κ2) is 6.60. The first kappa shape index (κ1) is 13.9. The van der Waals surface area contributed by atoms with E-state index >= 15 is 0 Å². The van der Waals surface area contributed by atoms with Gasteiger partial charge < -0.3 is 0 Å². The minimum absolute atomic E-state index is 0.0623. The Morgan fingerprint density at radius 1 is 1.00 bits per heavy atom. The van der Waals surface area contributed by atoms with Crippen molar-refractivity contribution in [2.24, 2.45) is 17.3 Å². The van der Waals surface area contributed by atoms with E-state index in [1.165, 1.54) is 77.0 Å². The van der Waals surface area contributed by atoms with Crippen molar-refractivity contribution in [3.8, 4) is 6.07 Å². The van der Waals surface area contributed by atoms with Crippen LogP contribution in [-0.2, 0) is 0 Å². The molecule has 102 valence electrons. The molecule has 0 radical (unpaired) electrons. The van der Waals surface area contributed by atoms with E-state index in [1.54, 1.807) is 0 Å². The molecule has 2 fully saturated rings. The van der Waals surface area contributed by atoms with E-state index < -0.39 is 0 Å². The summed E-state index contributed by atoms with van der Waals surface area (Å²) >= 11 is 0.